The molecule has 4 nitrogen and oxygen atoms in total. The van der Waals surface area contributed by atoms with E-state index in [1.807, 2.05) is 23.1 Å². The Labute approximate surface area is 145 Å². The van der Waals surface area contributed by atoms with Gasteiger partial charge in [-0.3, -0.25) is 14.5 Å². The molecule has 0 aliphatic carbocycles. The summed E-state index contributed by atoms with van der Waals surface area (Å²) in [6, 6.07) is 12.6. The highest BCUT2D eigenvalue weighted by Crippen LogP contribution is 2.25. The Hall–Kier alpha value is -1.65. The average Bonchev–Trinajstić information content (AvgIpc) is 3.06. The largest absolute Gasteiger partial charge is 0.296 e. The molecule has 2 aliphatic heterocycles. The molecule has 2 aliphatic rings. The van der Waals surface area contributed by atoms with Gasteiger partial charge in [0.05, 0.1) is 6.54 Å². The third kappa shape index (κ3) is 3.55. The molecule has 2 aromatic rings. The van der Waals surface area contributed by atoms with Crippen LogP contribution in [-0.4, -0.2) is 51.3 Å². The number of aromatic nitrogens is 2. The number of piperidine rings is 1. The zero-order valence-electron chi connectivity index (χ0n) is 14.6. The molecule has 128 valence electrons. The first-order valence-electron chi connectivity index (χ1n) is 9.31. The van der Waals surface area contributed by atoms with E-state index in [0.717, 1.165) is 25.2 Å². The van der Waals surface area contributed by atoms with E-state index in [1.54, 1.807) is 0 Å². The molecule has 2 fully saturated rings. The summed E-state index contributed by atoms with van der Waals surface area (Å²) in [5.74, 6) is 0. The molecule has 0 bridgehead atoms. The normalized spacial score (nSPS) is 23.3. The maximum Gasteiger partial charge on any atom is 0.0659 e. The van der Waals surface area contributed by atoms with Crippen molar-refractivity contribution in [3.05, 3.63) is 53.9 Å². The second-order valence-electron chi connectivity index (χ2n) is 7.45. The van der Waals surface area contributed by atoms with Gasteiger partial charge in [0.25, 0.3) is 0 Å². The van der Waals surface area contributed by atoms with Crippen molar-refractivity contribution in [1.29, 1.82) is 0 Å². The molecule has 4 rings (SSSR count). The van der Waals surface area contributed by atoms with Gasteiger partial charge in [-0.25, -0.2) is 0 Å². The molecule has 24 heavy (non-hydrogen) atoms. The lowest BCUT2D eigenvalue weighted by Crippen LogP contribution is -2.61. The lowest BCUT2D eigenvalue weighted by atomic mass is 9.97. The van der Waals surface area contributed by atoms with E-state index < -0.39 is 0 Å². The zero-order chi connectivity index (χ0) is 16.4. The van der Waals surface area contributed by atoms with Gasteiger partial charge >= 0.3 is 0 Å². The standard InChI is InChI=1S/C20H28N4/c1-17-5-2-3-12-24(17)20-15-22(16-20)13-18-6-8-19(9-7-18)14-23-11-4-10-21-23/h4,6-11,17,20H,2-3,5,12-16H2,1H3. The van der Waals surface area contributed by atoms with Gasteiger partial charge in [-0.1, -0.05) is 30.7 Å². The van der Waals surface area contributed by atoms with Gasteiger partial charge in [-0.15, -0.1) is 0 Å². The van der Waals surface area contributed by atoms with Crippen LogP contribution < -0.4 is 0 Å². The summed E-state index contributed by atoms with van der Waals surface area (Å²) in [7, 11) is 0. The smallest absolute Gasteiger partial charge is 0.0659 e. The van der Waals surface area contributed by atoms with Crippen LogP contribution in [0.4, 0.5) is 0 Å². The lowest BCUT2D eigenvalue weighted by Gasteiger charge is -2.49. The van der Waals surface area contributed by atoms with Gasteiger partial charge < -0.3 is 0 Å². The van der Waals surface area contributed by atoms with Crippen molar-refractivity contribution in [2.45, 2.75) is 51.4 Å². The minimum absolute atomic E-state index is 0.785. The zero-order valence-corrected chi connectivity index (χ0v) is 14.6. The van der Waals surface area contributed by atoms with Crippen molar-refractivity contribution >= 4 is 0 Å². The summed E-state index contributed by atoms with van der Waals surface area (Å²) in [6.07, 6.45) is 8.03. The Morgan fingerprint density at radius 1 is 1.04 bits per heavy atom. The van der Waals surface area contributed by atoms with Crippen molar-refractivity contribution in [2.24, 2.45) is 0 Å². The van der Waals surface area contributed by atoms with Gasteiger partial charge in [0, 0.05) is 44.1 Å². The molecule has 0 N–H and O–H groups in total. The third-order valence-corrected chi connectivity index (χ3v) is 5.59. The molecular weight excluding hydrogens is 296 g/mol. The van der Waals surface area contributed by atoms with Crippen LogP contribution in [0.3, 0.4) is 0 Å². The molecule has 1 aromatic carbocycles. The highest BCUT2D eigenvalue weighted by atomic mass is 15.3. The first-order chi connectivity index (χ1) is 11.8. The van der Waals surface area contributed by atoms with Crippen LogP contribution in [-0.2, 0) is 13.1 Å². The second kappa shape index (κ2) is 7.08. The number of hydrogen-bond acceptors (Lipinski definition) is 3. The van der Waals surface area contributed by atoms with Gasteiger partial charge in [-0.2, -0.15) is 5.10 Å². The molecular formula is C20H28N4. The van der Waals surface area contributed by atoms with E-state index >= 15 is 0 Å². The van der Waals surface area contributed by atoms with Crippen molar-refractivity contribution in [1.82, 2.24) is 19.6 Å². The Balaban J connectivity index is 1.26. The van der Waals surface area contributed by atoms with E-state index in [9.17, 15) is 0 Å². The monoisotopic (exact) mass is 324 g/mol. The number of likely N-dealkylation sites (tertiary alicyclic amines) is 2. The quantitative estimate of drug-likeness (QED) is 0.845. The molecule has 4 heteroatoms. The second-order valence-corrected chi connectivity index (χ2v) is 7.45. The van der Waals surface area contributed by atoms with Crippen molar-refractivity contribution in [3.63, 3.8) is 0 Å². The summed E-state index contributed by atoms with van der Waals surface area (Å²) in [4.78, 5) is 5.32. The molecule has 3 heterocycles. The fourth-order valence-electron chi connectivity index (χ4n) is 4.13. The molecule has 2 saturated heterocycles. The predicted molar refractivity (Wildman–Crippen MR) is 96.9 cm³/mol. The average molecular weight is 324 g/mol. The van der Waals surface area contributed by atoms with E-state index in [4.69, 9.17) is 0 Å². The summed E-state index contributed by atoms with van der Waals surface area (Å²) < 4.78 is 1.97. The highest BCUT2D eigenvalue weighted by Gasteiger charge is 2.34. The number of nitrogens with zero attached hydrogens (tertiary/aromatic N) is 4. The Bertz CT molecular complexity index is 628. The van der Waals surface area contributed by atoms with Crippen LogP contribution in [0.2, 0.25) is 0 Å². The van der Waals surface area contributed by atoms with Gasteiger partial charge in [0.1, 0.15) is 0 Å². The Morgan fingerprint density at radius 3 is 2.46 bits per heavy atom. The van der Waals surface area contributed by atoms with E-state index in [-0.39, 0.29) is 0 Å². The summed E-state index contributed by atoms with van der Waals surface area (Å²) in [5, 5.41) is 4.27. The number of hydrogen-bond donors (Lipinski definition) is 0. The maximum atomic E-state index is 4.27. The topological polar surface area (TPSA) is 24.3 Å². The highest BCUT2D eigenvalue weighted by molar-refractivity contribution is 5.23. The summed E-state index contributed by atoms with van der Waals surface area (Å²) >= 11 is 0. The molecule has 0 amide bonds. The molecule has 1 unspecified atom stereocenters. The van der Waals surface area contributed by atoms with Crippen LogP contribution >= 0.6 is 0 Å². The van der Waals surface area contributed by atoms with Crippen molar-refractivity contribution in [3.8, 4) is 0 Å². The fourth-order valence-corrected chi connectivity index (χ4v) is 4.13. The summed E-state index contributed by atoms with van der Waals surface area (Å²) in [6.45, 7) is 8.12. The van der Waals surface area contributed by atoms with Gasteiger partial charge in [0.2, 0.25) is 0 Å². The molecule has 0 radical (unpaired) electrons. The number of rotatable bonds is 5. The van der Waals surface area contributed by atoms with E-state index in [1.165, 1.54) is 50.0 Å². The first kappa shape index (κ1) is 15.9. The van der Waals surface area contributed by atoms with E-state index in [0.29, 0.717) is 0 Å². The van der Waals surface area contributed by atoms with Crippen LogP contribution in [0, 0.1) is 0 Å². The molecule has 0 saturated carbocycles. The molecule has 1 atom stereocenters. The maximum absolute atomic E-state index is 4.27. The van der Waals surface area contributed by atoms with Gasteiger partial charge in [0.15, 0.2) is 0 Å². The van der Waals surface area contributed by atoms with Gasteiger partial charge in [-0.05, 0) is 43.5 Å². The SMILES string of the molecule is CC1CCCCN1C1CN(Cc2ccc(Cn3cccn3)cc2)C1. The third-order valence-electron chi connectivity index (χ3n) is 5.59. The first-order valence-corrected chi connectivity index (χ1v) is 9.31. The van der Waals surface area contributed by atoms with Crippen LogP contribution in [0.5, 0.6) is 0 Å². The van der Waals surface area contributed by atoms with Crippen molar-refractivity contribution in [2.75, 3.05) is 19.6 Å². The Kier molecular flexibility index (Phi) is 4.67. The van der Waals surface area contributed by atoms with Crippen LogP contribution in [0.1, 0.15) is 37.3 Å². The van der Waals surface area contributed by atoms with Crippen LogP contribution in [0.25, 0.3) is 0 Å². The van der Waals surface area contributed by atoms with E-state index in [2.05, 4.69) is 46.1 Å². The van der Waals surface area contributed by atoms with Crippen LogP contribution in [0.15, 0.2) is 42.7 Å². The summed E-state index contributed by atoms with van der Waals surface area (Å²) in [5.41, 5.74) is 2.73. The minimum Gasteiger partial charge on any atom is -0.296 e. The predicted octanol–water partition coefficient (Wildman–Crippen LogP) is 2.99. The Morgan fingerprint density at radius 2 is 1.79 bits per heavy atom. The van der Waals surface area contributed by atoms with Crippen molar-refractivity contribution < 1.29 is 0 Å². The molecule has 1 aromatic heterocycles. The number of benzene rings is 1. The lowest BCUT2D eigenvalue weighted by molar-refractivity contribution is -0.00620. The molecule has 0 spiro atoms. The minimum atomic E-state index is 0.785. The fraction of sp³-hybridized carbons (Fsp3) is 0.550.